The predicted octanol–water partition coefficient (Wildman–Crippen LogP) is 6.05. The van der Waals surface area contributed by atoms with Gasteiger partial charge in [0, 0.05) is 53.6 Å². The number of ether oxygens (including phenoxy) is 1. The van der Waals surface area contributed by atoms with Gasteiger partial charge in [0.15, 0.2) is 7.05 Å². The number of benzene rings is 1. The molecule has 1 saturated carbocycles. The Morgan fingerprint density at radius 1 is 1.02 bits per heavy atom. The standard InChI is InChI=1S/C26H30F6N5O2S/c1-35(38)22-8-4-18(14-21(22)25(27,28)29)34-17-2-6-20(7-3-17)39-16-24(40)37-12-10-36(11-13-37)19-5-9-23(33-15-19)26(30,31)32/h4-5,8-9,14-15,17,20,34H,2-3,6-7,10-13,16H2,1H3/q+1/t17-,20-. The number of pyridine rings is 1. The van der Waals surface area contributed by atoms with E-state index in [4.69, 9.17) is 17.0 Å². The summed E-state index contributed by atoms with van der Waals surface area (Å²) >= 11 is 5.55. The number of hydrogen-bond acceptors (Lipinski definition) is 6. The van der Waals surface area contributed by atoms with Gasteiger partial charge in [-0.15, -0.1) is 0 Å². The maximum atomic E-state index is 13.4. The highest BCUT2D eigenvalue weighted by Crippen LogP contribution is 2.38. The zero-order valence-electron chi connectivity index (χ0n) is 21.8. The summed E-state index contributed by atoms with van der Waals surface area (Å²) in [5.41, 5.74) is -1.38. The summed E-state index contributed by atoms with van der Waals surface area (Å²) in [6, 6.07) is 6.01. The van der Waals surface area contributed by atoms with Crippen molar-refractivity contribution in [3.8, 4) is 0 Å². The van der Waals surface area contributed by atoms with Gasteiger partial charge in [0.2, 0.25) is 0 Å². The van der Waals surface area contributed by atoms with Gasteiger partial charge < -0.3 is 19.9 Å². The first-order valence-corrected chi connectivity index (χ1v) is 13.3. The molecule has 2 heterocycles. The van der Waals surface area contributed by atoms with Crippen molar-refractivity contribution in [1.29, 1.82) is 0 Å². The summed E-state index contributed by atoms with van der Waals surface area (Å²) in [6.45, 7) is 2.68. The number of anilines is 2. The number of halogens is 6. The zero-order chi connectivity index (χ0) is 29.1. The lowest BCUT2D eigenvalue weighted by Gasteiger charge is -2.37. The SMILES string of the molecule is C[N+](=O)c1ccc(N[C@H]2CC[C@H](OCC(=S)N3CCN(c4ccc(C(F)(F)F)nc4)CC3)CC2)cc1C(F)(F)F. The lowest BCUT2D eigenvalue weighted by Crippen LogP contribution is -2.49. The third-order valence-corrected chi connectivity index (χ3v) is 7.54. The highest BCUT2D eigenvalue weighted by atomic mass is 32.1. The molecule has 1 aromatic heterocycles. The predicted molar refractivity (Wildman–Crippen MR) is 142 cm³/mol. The number of rotatable bonds is 7. The molecular weight excluding hydrogens is 560 g/mol. The van der Waals surface area contributed by atoms with Crippen LogP contribution in [0.5, 0.6) is 0 Å². The van der Waals surface area contributed by atoms with Crippen LogP contribution in [-0.4, -0.2) is 71.6 Å². The molecule has 4 rings (SSSR count). The smallest absolute Gasteiger partial charge is 0.382 e. The van der Waals surface area contributed by atoms with Gasteiger partial charge in [-0.1, -0.05) is 12.2 Å². The van der Waals surface area contributed by atoms with E-state index in [2.05, 4.69) is 10.3 Å². The minimum Gasteiger partial charge on any atom is -0.382 e. The van der Waals surface area contributed by atoms with E-state index in [0.717, 1.165) is 32.0 Å². The molecule has 1 N–H and O–H groups in total. The Hall–Kier alpha value is -3.00. The van der Waals surface area contributed by atoms with Crippen molar-refractivity contribution in [3.63, 3.8) is 0 Å². The Bertz CT molecular complexity index is 1190. The van der Waals surface area contributed by atoms with Gasteiger partial charge in [0.1, 0.15) is 16.2 Å². The summed E-state index contributed by atoms with van der Waals surface area (Å²) in [5.74, 6) is 0. The largest absolute Gasteiger partial charge is 0.433 e. The third-order valence-electron chi connectivity index (χ3n) is 7.16. The molecule has 2 aromatic rings. The fourth-order valence-corrected chi connectivity index (χ4v) is 5.22. The second kappa shape index (κ2) is 12.2. The monoisotopic (exact) mass is 590 g/mol. The molecule has 218 valence electrons. The van der Waals surface area contributed by atoms with Gasteiger partial charge in [-0.25, -0.2) is 4.98 Å². The molecule has 2 aliphatic rings. The highest BCUT2D eigenvalue weighted by Gasteiger charge is 2.39. The fraction of sp³-hybridized carbons (Fsp3) is 0.538. The second-order valence-electron chi connectivity index (χ2n) is 9.92. The molecule has 0 unspecified atom stereocenters. The molecule has 1 saturated heterocycles. The first kappa shape index (κ1) is 30.0. The quantitative estimate of drug-likeness (QED) is 0.239. The van der Waals surface area contributed by atoms with E-state index >= 15 is 0 Å². The lowest BCUT2D eigenvalue weighted by molar-refractivity contribution is -0.430. The van der Waals surface area contributed by atoms with E-state index in [1.54, 1.807) is 0 Å². The Labute approximate surface area is 233 Å². The van der Waals surface area contributed by atoms with E-state index in [-0.39, 0.29) is 23.5 Å². The van der Waals surface area contributed by atoms with Crippen molar-refractivity contribution in [2.24, 2.45) is 0 Å². The van der Waals surface area contributed by atoms with E-state index in [1.165, 1.54) is 24.4 Å². The Morgan fingerprint density at radius 3 is 2.25 bits per heavy atom. The molecule has 1 aliphatic heterocycles. The molecule has 0 amide bonds. The molecule has 1 aromatic carbocycles. The van der Waals surface area contributed by atoms with Gasteiger partial charge in [-0.3, -0.25) is 0 Å². The number of aromatic nitrogens is 1. The first-order valence-electron chi connectivity index (χ1n) is 12.9. The van der Waals surface area contributed by atoms with Crippen LogP contribution >= 0.6 is 12.2 Å². The molecule has 2 fully saturated rings. The van der Waals surface area contributed by atoms with Crippen molar-refractivity contribution < 1.29 is 35.8 Å². The van der Waals surface area contributed by atoms with E-state index in [0.29, 0.717) is 55.4 Å². The summed E-state index contributed by atoms with van der Waals surface area (Å²) < 4.78 is 84.6. The van der Waals surface area contributed by atoms with Gasteiger partial charge >= 0.3 is 12.4 Å². The van der Waals surface area contributed by atoms with Crippen LogP contribution in [0.15, 0.2) is 36.5 Å². The van der Waals surface area contributed by atoms with E-state index < -0.39 is 29.3 Å². The highest BCUT2D eigenvalue weighted by molar-refractivity contribution is 7.80. The van der Waals surface area contributed by atoms with Crippen LogP contribution in [0.1, 0.15) is 36.9 Å². The van der Waals surface area contributed by atoms with Crippen molar-refractivity contribution in [3.05, 3.63) is 52.7 Å². The topological polar surface area (TPSA) is 60.7 Å². The lowest BCUT2D eigenvalue weighted by atomic mass is 9.92. The molecule has 0 radical (unpaired) electrons. The molecule has 14 heteroatoms. The number of alkyl halides is 6. The number of nitrogens with one attached hydrogen (secondary N) is 1. The minimum absolute atomic E-state index is 0.0160. The van der Waals surface area contributed by atoms with Gasteiger partial charge in [-0.2, -0.15) is 26.3 Å². The molecule has 1 aliphatic carbocycles. The normalized spacial score (nSPS) is 20.4. The summed E-state index contributed by atoms with van der Waals surface area (Å²) in [7, 11) is 1.03. The third kappa shape index (κ3) is 7.59. The summed E-state index contributed by atoms with van der Waals surface area (Å²) in [4.78, 5) is 19.7. The summed E-state index contributed by atoms with van der Waals surface area (Å²) in [6.07, 6.45) is -5.02. The molecular formula is C26H30F6N5O2S+. The molecule has 0 bridgehead atoms. The molecule has 0 spiro atoms. The first-order chi connectivity index (χ1) is 18.8. The zero-order valence-corrected chi connectivity index (χ0v) is 22.6. The Morgan fingerprint density at radius 2 is 1.70 bits per heavy atom. The van der Waals surface area contributed by atoms with Crippen LogP contribution in [0.4, 0.5) is 43.4 Å². The average molecular weight is 591 g/mol. The van der Waals surface area contributed by atoms with Gasteiger partial charge in [0.25, 0.3) is 5.69 Å². The average Bonchev–Trinajstić information content (AvgIpc) is 2.91. The molecule has 40 heavy (non-hydrogen) atoms. The van der Waals surface area contributed by atoms with Crippen molar-refractivity contribution in [2.45, 2.75) is 50.2 Å². The number of nitrogens with zero attached hydrogens (tertiary/aromatic N) is 4. The summed E-state index contributed by atoms with van der Waals surface area (Å²) in [5, 5.41) is 3.15. The number of thiocarbonyl (C=S) groups is 1. The maximum Gasteiger partial charge on any atom is 0.433 e. The molecule has 7 nitrogen and oxygen atoms in total. The van der Waals surface area contributed by atoms with Gasteiger partial charge in [0.05, 0.1) is 24.6 Å². The molecule has 0 atom stereocenters. The van der Waals surface area contributed by atoms with Crippen molar-refractivity contribution in [1.82, 2.24) is 9.88 Å². The Kier molecular flexibility index (Phi) is 9.18. The van der Waals surface area contributed by atoms with Crippen molar-refractivity contribution >= 4 is 34.3 Å². The van der Waals surface area contributed by atoms with Crippen LogP contribution < -0.4 is 10.2 Å². The Balaban J connectivity index is 1.19. The van der Waals surface area contributed by atoms with Crippen LogP contribution in [0.2, 0.25) is 0 Å². The van der Waals surface area contributed by atoms with Crippen molar-refractivity contribution in [2.75, 3.05) is 50.1 Å². The fourth-order valence-electron chi connectivity index (χ4n) is 4.97. The maximum absolute atomic E-state index is 13.4. The minimum atomic E-state index is -4.64. The number of hydrogen-bond donors (Lipinski definition) is 1. The van der Waals surface area contributed by atoms with Crippen LogP contribution in [-0.2, 0) is 17.1 Å². The number of piperazine rings is 1. The number of nitroso groups, excluding NO2 is 1. The van der Waals surface area contributed by atoms with E-state index in [1.807, 2.05) is 9.80 Å². The van der Waals surface area contributed by atoms with Crippen LogP contribution in [0.3, 0.4) is 0 Å². The van der Waals surface area contributed by atoms with Crippen LogP contribution in [0, 0.1) is 4.91 Å². The van der Waals surface area contributed by atoms with E-state index in [9.17, 15) is 31.2 Å². The second-order valence-corrected chi connectivity index (χ2v) is 10.4. The van der Waals surface area contributed by atoms with Gasteiger partial charge in [-0.05, 0) is 49.9 Å². The van der Waals surface area contributed by atoms with Crippen LogP contribution in [0.25, 0.3) is 0 Å².